The Labute approximate surface area is 130 Å². The molecule has 0 aliphatic heterocycles. The van der Waals surface area contributed by atoms with E-state index in [1.807, 2.05) is 38.1 Å². The molecule has 0 unspecified atom stereocenters. The molecule has 3 N–H and O–H groups in total. The van der Waals surface area contributed by atoms with Gasteiger partial charge in [0.2, 0.25) is 5.88 Å². The highest BCUT2D eigenvalue weighted by Gasteiger charge is 2.14. The van der Waals surface area contributed by atoms with E-state index in [0.29, 0.717) is 29.8 Å². The minimum absolute atomic E-state index is 0.182. The topological polar surface area (TPSA) is 82.3 Å². The predicted octanol–water partition coefficient (Wildman–Crippen LogP) is 2.81. The molecule has 1 heterocycles. The second-order valence-electron chi connectivity index (χ2n) is 5.17. The van der Waals surface area contributed by atoms with E-state index in [0.717, 1.165) is 11.3 Å². The lowest BCUT2D eigenvalue weighted by Gasteiger charge is -2.15. The van der Waals surface area contributed by atoms with E-state index in [9.17, 15) is 0 Å². The Bertz CT molecular complexity index is 644. The molecule has 2 aromatic rings. The molecule has 6 heteroatoms. The average Bonchev–Trinajstić information content (AvgIpc) is 2.53. The maximum absolute atomic E-state index is 6.05. The summed E-state index contributed by atoms with van der Waals surface area (Å²) in [5.74, 6) is 2.65. The summed E-state index contributed by atoms with van der Waals surface area (Å²) in [4.78, 5) is 8.80. The van der Waals surface area contributed by atoms with Crippen LogP contribution in [-0.2, 0) is 6.54 Å². The van der Waals surface area contributed by atoms with Crippen molar-refractivity contribution >= 4 is 11.5 Å². The lowest BCUT2D eigenvalue weighted by Crippen LogP contribution is -2.11. The number of methoxy groups -OCH3 is 2. The summed E-state index contributed by atoms with van der Waals surface area (Å²) in [6, 6.07) is 7.80. The van der Waals surface area contributed by atoms with Gasteiger partial charge < -0.3 is 20.5 Å². The average molecular weight is 302 g/mol. The van der Waals surface area contributed by atoms with E-state index < -0.39 is 0 Å². The fraction of sp³-hybridized carbons (Fsp3) is 0.375. The third-order valence-corrected chi connectivity index (χ3v) is 3.28. The summed E-state index contributed by atoms with van der Waals surface area (Å²) in [5, 5.41) is 3.24. The van der Waals surface area contributed by atoms with Gasteiger partial charge in [-0.15, -0.1) is 0 Å². The van der Waals surface area contributed by atoms with Crippen LogP contribution in [0.15, 0.2) is 24.3 Å². The van der Waals surface area contributed by atoms with Crippen molar-refractivity contribution in [2.45, 2.75) is 26.3 Å². The van der Waals surface area contributed by atoms with Crippen molar-refractivity contribution in [3.05, 3.63) is 35.7 Å². The Morgan fingerprint density at radius 1 is 1.14 bits per heavy atom. The second-order valence-corrected chi connectivity index (χ2v) is 5.17. The molecule has 0 aliphatic carbocycles. The largest absolute Gasteiger partial charge is 0.496 e. The molecule has 1 aromatic heterocycles. The Kier molecular flexibility index (Phi) is 5.04. The maximum Gasteiger partial charge on any atom is 0.242 e. The number of nitrogen functional groups attached to an aromatic ring is 1. The first-order chi connectivity index (χ1) is 10.6. The number of benzene rings is 1. The predicted molar refractivity (Wildman–Crippen MR) is 87.4 cm³/mol. The molecule has 118 valence electrons. The molecule has 0 radical (unpaired) electrons. The number of nitrogens with one attached hydrogen (secondary N) is 1. The minimum Gasteiger partial charge on any atom is -0.496 e. The van der Waals surface area contributed by atoms with Crippen LogP contribution in [0.3, 0.4) is 0 Å². The Hall–Kier alpha value is -2.50. The molecular formula is C16H22N4O2. The van der Waals surface area contributed by atoms with Crippen LogP contribution >= 0.6 is 0 Å². The van der Waals surface area contributed by atoms with Gasteiger partial charge in [0.1, 0.15) is 17.3 Å². The van der Waals surface area contributed by atoms with Crippen LogP contribution in [0.5, 0.6) is 11.6 Å². The van der Waals surface area contributed by atoms with Crippen LogP contribution in [0.2, 0.25) is 0 Å². The van der Waals surface area contributed by atoms with Crippen LogP contribution in [0.4, 0.5) is 11.5 Å². The number of rotatable bonds is 6. The van der Waals surface area contributed by atoms with Gasteiger partial charge in [-0.2, -0.15) is 4.98 Å². The fourth-order valence-corrected chi connectivity index (χ4v) is 2.04. The van der Waals surface area contributed by atoms with Gasteiger partial charge in [-0.05, 0) is 6.07 Å². The summed E-state index contributed by atoms with van der Waals surface area (Å²) < 4.78 is 10.6. The summed E-state index contributed by atoms with van der Waals surface area (Å²) in [7, 11) is 3.20. The number of hydrogen-bond donors (Lipinski definition) is 2. The van der Waals surface area contributed by atoms with Gasteiger partial charge in [-0.3, -0.25) is 0 Å². The highest BCUT2D eigenvalue weighted by molar-refractivity contribution is 5.67. The molecule has 22 heavy (non-hydrogen) atoms. The zero-order chi connectivity index (χ0) is 16.1. The van der Waals surface area contributed by atoms with E-state index in [1.54, 1.807) is 14.2 Å². The van der Waals surface area contributed by atoms with Crippen molar-refractivity contribution in [2.75, 3.05) is 25.3 Å². The first kappa shape index (κ1) is 15.9. The summed E-state index contributed by atoms with van der Waals surface area (Å²) in [6.45, 7) is 4.59. The number of nitrogens with zero attached hydrogens (tertiary/aromatic N) is 2. The van der Waals surface area contributed by atoms with Crippen molar-refractivity contribution in [3.63, 3.8) is 0 Å². The maximum atomic E-state index is 6.05. The van der Waals surface area contributed by atoms with Crippen molar-refractivity contribution in [1.82, 2.24) is 9.97 Å². The summed E-state index contributed by atoms with van der Waals surface area (Å²) in [6.07, 6.45) is 0. The number of para-hydroxylation sites is 1. The zero-order valence-electron chi connectivity index (χ0n) is 13.4. The normalized spacial score (nSPS) is 10.6. The number of hydrogen-bond acceptors (Lipinski definition) is 6. The fourth-order valence-electron chi connectivity index (χ4n) is 2.04. The lowest BCUT2D eigenvalue weighted by molar-refractivity contribution is 0.396. The van der Waals surface area contributed by atoms with E-state index >= 15 is 0 Å². The molecule has 0 saturated carbocycles. The van der Waals surface area contributed by atoms with Gasteiger partial charge in [0, 0.05) is 18.0 Å². The van der Waals surface area contributed by atoms with Gasteiger partial charge in [0.05, 0.1) is 14.2 Å². The number of ether oxygens (including phenoxy) is 2. The van der Waals surface area contributed by atoms with Gasteiger partial charge >= 0.3 is 0 Å². The molecule has 1 aromatic carbocycles. The van der Waals surface area contributed by atoms with Crippen LogP contribution in [-0.4, -0.2) is 24.2 Å². The minimum atomic E-state index is 0.182. The van der Waals surface area contributed by atoms with Crippen molar-refractivity contribution in [1.29, 1.82) is 0 Å². The Morgan fingerprint density at radius 3 is 2.50 bits per heavy atom. The molecule has 6 nitrogen and oxygen atoms in total. The Morgan fingerprint density at radius 2 is 1.86 bits per heavy atom. The third kappa shape index (κ3) is 3.39. The molecule has 0 bridgehead atoms. The molecule has 0 amide bonds. The smallest absolute Gasteiger partial charge is 0.242 e. The molecule has 0 aliphatic rings. The van der Waals surface area contributed by atoms with Crippen LogP contribution in [0, 0.1) is 0 Å². The van der Waals surface area contributed by atoms with E-state index in [-0.39, 0.29) is 5.92 Å². The summed E-state index contributed by atoms with van der Waals surface area (Å²) in [5.41, 5.74) is 7.48. The lowest BCUT2D eigenvalue weighted by atomic mass is 10.2. The highest BCUT2D eigenvalue weighted by atomic mass is 16.5. The molecule has 0 atom stereocenters. The van der Waals surface area contributed by atoms with Gasteiger partial charge in [-0.25, -0.2) is 4.98 Å². The number of nitrogens with two attached hydrogens (primary N) is 1. The van der Waals surface area contributed by atoms with Crippen molar-refractivity contribution < 1.29 is 9.47 Å². The third-order valence-electron chi connectivity index (χ3n) is 3.28. The van der Waals surface area contributed by atoms with Gasteiger partial charge in [0.25, 0.3) is 0 Å². The molecule has 2 rings (SSSR count). The quantitative estimate of drug-likeness (QED) is 0.854. The zero-order valence-corrected chi connectivity index (χ0v) is 13.4. The number of anilines is 2. The van der Waals surface area contributed by atoms with Crippen molar-refractivity contribution in [2.24, 2.45) is 0 Å². The summed E-state index contributed by atoms with van der Waals surface area (Å²) >= 11 is 0. The van der Waals surface area contributed by atoms with Gasteiger partial charge in [-0.1, -0.05) is 32.0 Å². The van der Waals surface area contributed by atoms with E-state index in [2.05, 4.69) is 15.3 Å². The first-order valence-corrected chi connectivity index (χ1v) is 7.14. The molecule has 0 fully saturated rings. The number of aromatic nitrogens is 2. The Balaban J connectivity index is 2.27. The van der Waals surface area contributed by atoms with E-state index in [4.69, 9.17) is 15.2 Å². The molecule has 0 saturated heterocycles. The standard InChI is InChI=1S/C16H22N4O2/c1-10(2)14-19-15(13(17)16(20-14)22-4)18-9-11-7-5-6-8-12(11)21-3/h5-8,10H,9,17H2,1-4H3,(H,18,19,20). The molecular weight excluding hydrogens is 280 g/mol. The first-order valence-electron chi connectivity index (χ1n) is 7.14. The SMILES string of the molecule is COc1ccccc1CNc1nc(C(C)C)nc(OC)c1N. The van der Waals surface area contributed by atoms with Crippen LogP contribution in [0.1, 0.15) is 31.2 Å². The molecule has 0 spiro atoms. The van der Waals surface area contributed by atoms with Crippen LogP contribution < -0.4 is 20.5 Å². The monoisotopic (exact) mass is 302 g/mol. The van der Waals surface area contributed by atoms with Crippen molar-refractivity contribution in [3.8, 4) is 11.6 Å². The highest BCUT2D eigenvalue weighted by Crippen LogP contribution is 2.29. The van der Waals surface area contributed by atoms with Crippen LogP contribution in [0.25, 0.3) is 0 Å². The van der Waals surface area contributed by atoms with Gasteiger partial charge in [0.15, 0.2) is 5.82 Å². The van der Waals surface area contributed by atoms with E-state index in [1.165, 1.54) is 0 Å². The second kappa shape index (κ2) is 6.98.